The molecule has 0 spiro atoms. The van der Waals surface area contributed by atoms with Gasteiger partial charge in [-0.15, -0.1) is 0 Å². The Morgan fingerprint density at radius 2 is 1.62 bits per heavy atom. The van der Waals surface area contributed by atoms with Gasteiger partial charge in [0.05, 0.1) is 0 Å². The number of nitrogens with one attached hydrogen (secondary N) is 2. The van der Waals surface area contributed by atoms with Crippen molar-refractivity contribution in [3.63, 3.8) is 0 Å². The zero-order valence-electron chi connectivity index (χ0n) is 15.8. The number of benzene rings is 2. The second-order valence-corrected chi connectivity index (χ2v) is 6.74. The number of rotatable bonds is 7. The van der Waals surface area contributed by atoms with Crippen molar-refractivity contribution in [1.82, 2.24) is 5.32 Å². The second-order valence-electron chi connectivity index (χ2n) is 6.74. The zero-order valence-corrected chi connectivity index (χ0v) is 15.8. The lowest BCUT2D eigenvalue weighted by Gasteiger charge is -2.12. The highest BCUT2D eigenvalue weighted by molar-refractivity contribution is 5.96. The summed E-state index contributed by atoms with van der Waals surface area (Å²) in [7, 11) is 0. The van der Waals surface area contributed by atoms with E-state index in [0.717, 1.165) is 16.9 Å². The molecular formula is C21H26N2O3. The highest BCUT2D eigenvalue weighted by atomic mass is 16.5. The van der Waals surface area contributed by atoms with Crippen LogP contribution in [0.5, 0.6) is 5.75 Å². The molecule has 0 heterocycles. The third-order valence-electron chi connectivity index (χ3n) is 3.86. The van der Waals surface area contributed by atoms with Gasteiger partial charge >= 0.3 is 0 Å². The maximum Gasteiger partial charge on any atom is 0.262 e. The number of carbonyl (C=O) groups excluding carboxylic acids is 2. The van der Waals surface area contributed by atoms with Gasteiger partial charge in [0.1, 0.15) is 5.75 Å². The molecule has 0 aliphatic rings. The van der Waals surface area contributed by atoms with E-state index < -0.39 is 0 Å². The minimum atomic E-state index is -0.246. The number of hydrogen-bond acceptors (Lipinski definition) is 3. The number of aryl methyl sites for hydroxylation is 2. The average Bonchev–Trinajstić information content (AvgIpc) is 2.60. The Kier molecular flexibility index (Phi) is 6.78. The Labute approximate surface area is 154 Å². The lowest BCUT2D eigenvalue weighted by molar-refractivity contribution is -0.118. The number of carbonyl (C=O) groups is 2. The van der Waals surface area contributed by atoms with Crippen molar-refractivity contribution in [2.75, 3.05) is 18.5 Å². The average molecular weight is 354 g/mol. The van der Waals surface area contributed by atoms with Gasteiger partial charge < -0.3 is 15.4 Å². The Balaban J connectivity index is 1.88. The molecule has 0 saturated heterocycles. The van der Waals surface area contributed by atoms with Crippen LogP contribution >= 0.6 is 0 Å². The molecule has 138 valence electrons. The molecule has 26 heavy (non-hydrogen) atoms. The van der Waals surface area contributed by atoms with Crippen LogP contribution < -0.4 is 15.4 Å². The summed E-state index contributed by atoms with van der Waals surface area (Å²) in [6.45, 7) is 8.54. The van der Waals surface area contributed by atoms with E-state index in [9.17, 15) is 9.59 Å². The predicted octanol–water partition coefficient (Wildman–Crippen LogP) is 3.71. The molecular weight excluding hydrogens is 328 g/mol. The fraction of sp³-hybridized carbons (Fsp3) is 0.333. The summed E-state index contributed by atoms with van der Waals surface area (Å²) in [6.07, 6.45) is 0. The lowest BCUT2D eigenvalue weighted by atomic mass is 10.1. The molecule has 2 rings (SSSR count). The highest BCUT2D eigenvalue weighted by Crippen LogP contribution is 2.22. The minimum absolute atomic E-state index is 0.0671. The quantitative estimate of drug-likeness (QED) is 0.796. The summed E-state index contributed by atoms with van der Waals surface area (Å²) in [5.41, 5.74) is 3.18. The molecule has 0 aliphatic carbocycles. The SMILES string of the molecule is Cc1cccc(C)c1OCC(=O)Nc1ccc(C(=O)NCC(C)C)cc1. The molecule has 0 saturated carbocycles. The molecule has 0 radical (unpaired) electrons. The normalized spacial score (nSPS) is 10.5. The van der Waals surface area contributed by atoms with Crippen molar-refractivity contribution < 1.29 is 14.3 Å². The molecule has 2 aromatic carbocycles. The Morgan fingerprint density at radius 1 is 1.00 bits per heavy atom. The topological polar surface area (TPSA) is 67.4 Å². The number of amides is 2. The molecule has 0 aliphatic heterocycles. The molecule has 0 unspecified atom stereocenters. The Hall–Kier alpha value is -2.82. The van der Waals surface area contributed by atoms with Crippen LogP contribution in [0.15, 0.2) is 42.5 Å². The van der Waals surface area contributed by atoms with Crippen LogP contribution in [0.2, 0.25) is 0 Å². The van der Waals surface area contributed by atoms with E-state index in [1.54, 1.807) is 24.3 Å². The first-order valence-corrected chi connectivity index (χ1v) is 8.74. The van der Waals surface area contributed by atoms with E-state index in [4.69, 9.17) is 4.74 Å². The molecule has 0 bridgehead atoms. The summed E-state index contributed by atoms with van der Waals surface area (Å²) in [4.78, 5) is 24.1. The first-order chi connectivity index (χ1) is 12.4. The van der Waals surface area contributed by atoms with Gasteiger partial charge in [0.2, 0.25) is 0 Å². The smallest absolute Gasteiger partial charge is 0.262 e. The third kappa shape index (κ3) is 5.62. The second kappa shape index (κ2) is 9.04. The number of hydrogen-bond donors (Lipinski definition) is 2. The van der Waals surface area contributed by atoms with Crippen molar-refractivity contribution in [2.45, 2.75) is 27.7 Å². The summed E-state index contributed by atoms with van der Waals surface area (Å²) in [5.74, 6) is 0.772. The van der Waals surface area contributed by atoms with Crippen molar-refractivity contribution in [2.24, 2.45) is 5.92 Å². The molecule has 2 amide bonds. The van der Waals surface area contributed by atoms with Crippen LogP contribution in [-0.2, 0) is 4.79 Å². The van der Waals surface area contributed by atoms with Gasteiger partial charge in [-0.05, 0) is 55.2 Å². The van der Waals surface area contributed by atoms with Crippen molar-refractivity contribution in [3.8, 4) is 5.75 Å². The van der Waals surface area contributed by atoms with Crippen LogP contribution in [0, 0.1) is 19.8 Å². The standard InChI is InChI=1S/C21H26N2O3/c1-14(2)12-22-21(25)17-8-10-18(11-9-17)23-19(24)13-26-20-15(3)6-5-7-16(20)4/h5-11,14H,12-13H2,1-4H3,(H,22,25)(H,23,24). The fourth-order valence-corrected chi connectivity index (χ4v) is 2.47. The predicted molar refractivity (Wildman–Crippen MR) is 104 cm³/mol. The van der Waals surface area contributed by atoms with E-state index in [-0.39, 0.29) is 18.4 Å². The highest BCUT2D eigenvalue weighted by Gasteiger charge is 2.09. The van der Waals surface area contributed by atoms with Crippen molar-refractivity contribution >= 4 is 17.5 Å². The first kappa shape index (κ1) is 19.5. The minimum Gasteiger partial charge on any atom is -0.483 e. The zero-order chi connectivity index (χ0) is 19.1. The van der Waals surface area contributed by atoms with Crippen LogP contribution in [0.25, 0.3) is 0 Å². The number of para-hydroxylation sites is 1. The molecule has 5 nitrogen and oxygen atoms in total. The van der Waals surface area contributed by atoms with Gasteiger partial charge in [0.25, 0.3) is 11.8 Å². The first-order valence-electron chi connectivity index (χ1n) is 8.74. The van der Waals surface area contributed by atoms with Crippen LogP contribution in [0.4, 0.5) is 5.69 Å². The van der Waals surface area contributed by atoms with E-state index in [1.165, 1.54) is 0 Å². The number of ether oxygens (including phenoxy) is 1. The monoisotopic (exact) mass is 354 g/mol. The molecule has 0 atom stereocenters. The van der Waals surface area contributed by atoms with Gasteiger partial charge in [0.15, 0.2) is 6.61 Å². The lowest BCUT2D eigenvalue weighted by Crippen LogP contribution is -2.27. The summed E-state index contributed by atoms with van der Waals surface area (Å²) in [6, 6.07) is 12.7. The molecule has 2 N–H and O–H groups in total. The van der Waals surface area contributed by atoms with Gasteiger partial charge in [-0.3, -0.25) is 9.59 Å². The van der Waals surface area contributed by atoms with E-state index in [0.29, 0.717) is 23.7 Å². The van der Waals surface area contributed by atoms with Crippen LogP contribution in [-0.4, -0.2) is 25.0 Å². The van der Waals surface area contributed by atoms with Gasteiger partial charge in [0, 0.05) is 17.8 Å². The Morgan fingerprint density at radius 3 is 2.19 bits per heavy atom. The van der Waals surface area contributed by atoms with E-state index >= 15 is 0 Å². The summed E-state index contributed by atoms with van der Waals surface area (Å²) < 4.78 is 5.64. The van der Waals surface area contributed by atoms with Crippen LogP contribution in [0.1, 0.15) is 35.3 Å². The van der Waals surface area contributed by atoms with Gasteiger partial charge in [-0.25, -0.2) is 0 Å². The maximum absolute atomic E-state index is 12.1. The molecule has 5 heteroatoms. The molecule has 2 aromatic rings. The third-order valence-corrected chi connectivity index (χ3v) is 3.86. The van der Waals surface area contributed by atoms with E-state index in [1.807, 2.05) is 45.9 Å². The van der Waals surface area contributed by atoms with Gasteiger partial charge in [-0.2, -0.15) is 0 Å². The largest absolute Gasteiger partial charge is 0.483 e. The summed E-state index contributed by atoms with van der Waals surface area (Å²) in [5, 5.41) is 5.63. The van der Waals surface area contributed by atoms with Gasteiger partial charge in [-0.1, -0.05) is 32.0 Å². The molecule has 0 fully saturated rings. The van der Waals surface area contributed by atoms with Crippen molar-refractivity contribution in [3.05, 3.63) is 59.2 Å². The Bertz CT molecular complexity index is 747. The fourth-order valence-electron chi connectivity index (χ4n) is 2.47. The van der Waals surface area contributed by atoms with Crippen LogP contribution in [0.3, 0.4) is 0 Å². The van der Waals surface area contributed by atoms with E-state index in [2.05, 4.69) is 10.6 Å². The summed E-state index contributed by atoms with van der Waals surface area (Å²) >= 11 is 0. The van der Waals surface area contributed by atoms with Crippen molar-refractivity contribution in [1.29, 1.82) is 0 Å². The molecule has 0 aromatic heterocycles. The number of anilines is 1. The maximum atomic E-state index is 12.1.